The lowest BCUT2D eigenvalue weighted by molar-refractivity contribution is 0.0953. The Morgan fingerprint density at radius 3 is 2.40 bits per heavy atom. The van der Waals surface area contributed by atoms with Crippen LogP contribution in [0, 0.1) is 13.8 Å². The highest BCUT2D eigenvalue weighted by Crippen LogP contribution is 2.31. The molecule has 0 bridgehead atoms. The van der Waals surface area contributed by atoms with Gasteiger partial charge in [0.05, 0.1) is 25.6 Å². The molecule has 0 aliphatic heterocycles. The zero-order valence-electron chi connectivity index (χ0n) is 28.0. The van der Waals surface area contributed by atoms with Gasteiger partial charge in [0, 0.05) is 35.5 Å². The molecule has 2 amide bonds. The largest absolute Gasteiger partial charge is 0.497 e. The summed E-state index contributed by atoms with van der Waals surface area (Å²) in [6.45, 7) is 5.72. The Morgan fingerprint density at radius 1 is 0.851 bits per heavy atom. The van der Waals surface area contributed by atoms with Crippen LogP contribution in [0.25, 0.3) is 11.3 Å². The molecule has 0 radical (unpaired) electrons. The third-order valence-electron chi connectivity index (χ3n) is 7.62. The second-order valence-electron chi connectivity index (χ2n) is 11.4. The normalized spacial score (nSPS) is 10.8. The summed E-state index contributed by atoms with van der Waals surface area (Å²) in [7, 11) is 7.19. The highest BCUT2D eigenvalue weighted by atomic mass is 16.6. The third-order valence-corrected chi connectivity index (χ3v) is 7.62. The van der Waals surface area contributed by atoms with Crippen LogP contribution in [0.3, 0.4) is 0 Å². The number of methoxy groups -OCH3 is 2. The highest BCUT2D eigenvalue weighted by Gasteiger charge is 2.16. The Kier molecular flexibility index (Phi) is 12.5. The van der Waals surface area contributed by atoms with Gasteiger partial charge < -0.3 is 29.7 Å². The summed E-state index contributed by atoms with van der Waals surface area (Å²) in [5.74, 6) is 1.07. The van der Waals surface area contributed by atoms with E-state index in [-0.39, 0.29) is 17.7 Å². The Hall–Kier alpha value is -5.16. The smallest absolute Gasteiger partial charge is 0.418 e. The van der Waals surface area contributed by atoms with Gasteiger partial charge in [-0.25, -0.2) is 9.78 Å². The van der Waals surface area contributed by atoms with Gasteiger partial charge in [0.2, 0.25) is 11.8 Å². The summed E-state index contributed by atoms with van der Waals surface area (Å²) in [4.78, 5) is 37.3. The fourth-order valence-corrected chi connectivity index (χ4v) is 4.91. The minimum absolute atomic E-state index is 0.0304. The van der Waals surface area contributed by atoms with Gasteiger partial charge in [-0.05, 0) is 88.8 Å². The monoisotopic (exact) mass is 640 g/mol. The van der Waals surface area contributed by atoms with Gasteiger partial charge in [-0.1, -0.05) is 37.1 Å². The number of nitrogens with zero attached hydrogens (tertiary/aromatic N) is 3. The highest BCUT2D eigenvalue weighted by molar-refractivity contribution is 5.95. The van der Waals surface area contributed by atoms with Gasteiger partial charge in [-0.15, -0.1) is 0 Å². The molecular weight excluding hydrogens is 596 g/mol. The minimum Gasteiger partial charge on any atom is -0.497 e. The van der Waals surface area contributed by atoms with Gasteiger partial charge in [-0.3, -0.25) is 10.1 Å². The number of anilines is 3. The standard InChI is InChI=1S/C36H44N6O5/c1-24-13-11-16-29(25(24)2)31-23-33(47-36(44)40-30-18-17-28(45-5)22-32(30)46-6)41-35(39-31)38-27-15-12-14-26(21-27)34(43)37-19-9-7-8-10-20-42(3)4/h11-18,21-23H,7-10,19-20H2,1-6H3,(H,37,43)(H,40,44)(H,38,39,41). The third kappa shape index (κ3) is 10.2. The first-order chi connectivity index (χ1) is 22.7. The first kappa shape index (κ1) is 34.7. The van der Waals surface area contributed by atoms with E-state index < -0.39 is 6.09 Å². The summed E-state index contributed by atoms with van der Waals surface area (Å²) < 4.78 is 16.3. The number of nitrogens with one attached hydrogen (secondary N) is 3. The van der Waals surface area contributed by atoms with Crippen molar-refractivity contribution in [2.75, 3.05) is 52.0 Å². The minimum atomic E-state index is -0.763. The molecule has 0 aliphatic carbocycles. The van der Waals surface area contributed by atoms with Crippen molar-refractivity contribution in [3.05, 3.63) is 83.4 Å². The van der Waals surface area contributed by atoms with Gasteiger partial charge in [-0.2, -0.15) is 4.98 Å². The Labute approximate surface area is 276 Å². The van der Waals surface area contributed by atoms with Crippen LogP contribution in [0.5, 0.6) is 17.4 Å². The van der Waals surface area contributed by atoms with Crippen LogP contribution in [-0.2, 0) is 0 Å². The topological polar surface area (TPSA) is 127 Å². The van der Waals surface area contributed by atoms with Crippen molar-refractivity contribution in [1.29, 1.82) is 0 Å². The van der Waals surface area contributed by atoms with E-state index in [4.69, 9.17) is 19.2 Å². The molecule has 0 unspecified atom stereocenters. The van der Waals surface area contributed by atoms with Gasteiger partial charge >= 0.3 is 6.09 Å². The number of carbonyl (C=O) groups is 2. The average molecular weight is 641 g/mol. The van der Waals surface area contributed by atoms with Crippen LogP contribution >= 0.6 is 0 Å². The number of carbonyl (C=O) groups excluding carboxylic acids is 2. The molecule has 3 N–H and O–H groups in total. The molecule has 11 nitrogen and oxygen atoms in total. The van der Waals surface area contributed by atoms with Crippen molar-refractivity contribution in [1.82, 2.24) is 20.2 Å². The zero-order valence-corrected chi connectivity index (χ0v) is 28.0. The SMILES string of the molecule is COc1ccc(NC(=O)Oc2cc(-c3cccc(C)c3C)nc(Nc3cccc(C(=O)NCCCCCCN(C)C)c3)n2)c(OC)c1. The lowest BCUT2D eigenvalue weighted by Gasteiger charge is -2.14. The van der Waals surface area contributed by atoms with Crippen molar-refractivity contribution in [2.45, 2.75) is 39.5 Å². The maximum atomic E-state index is 13.0. The van der Waals surface area contributed by atoms with Crippen LogP contribution in [0.2, 0.25) is 0 Å². The molecule has 0 saturated heterocycles. The Balaban J connectivity index is 1.51. The molecule has 11 heteroatoms. The van der Waals surface area contributed by atoms with Crippen molar-refractivity contribution < 1.29 is 23.8 Å². The molecule has 0 aliphatic rings. The fraction of sp³-hybridized carbons (Fsp3) is 0.333. The van der Waals surface area contributed by atoms with E-state index in [0.29, 0.717) is 40.7 Å². The lowest BCUT2D eigenvalue weighted by atomic mass is 10.0. The summed E-state index contributed by atoms with van der Waals surface area (Å²) >= 11 is 0. The molecule has 0 saturated carbocycles. The van der Waals surface area contributed by atoms with E-state index in [1.807, 2.05) is 38.1 Å². The Bertz CT molecular complexity index is 1680. The van der Waals surface area contributed by atoms with E-state index in [1.165, 1.54) is 7.11 Å². The molecule has 0 spiro atoms. The molecule has 1 heterocycles. The maximum absolute atomic E-state index is 13.0. The zero-order chi connectivity index (χ0) is 33.8. The van der Waals surface area contributed by atoms with Crippen molar-refractivity contribution in [3.63, 3.8) is 0 Å². The molecule has 47 heavy (non-hydrogen) atoms. The van der Waals surface area contributed by atoms with E-state index in [2.05, 4.69) is 39.9 Å². The molecule has 4 aromatic rings. The number of hydrogen-bond acceptors (Lipinski definition) is 9. The molecule has 3 aromatic carbocycles. The fourth-order valence-electron chi connectivity index (χ4n) is 4.91. The van der Waals surface area contributed by atoms with E-state index in [9.17, 15) is 9.59 Å². The summed E-state index contributed by atoms with van der Waals surface area (Å²) in [6, 6.07) is 19.7. The second-order valence-corrected chi connectivity index (χ2v) is 11.4. The van der Waals surface area contributed by atoms with E-state index in [1.54, 1.807) is 49.6 Å². The molecule has 1 aromatic heterocycles. The predicted octanol–water partition coefficient (Wildman–Crippen LogP) is 6.98. The summed E-state index contributed by atoms with van der Waals surface area (Å²) in [6.07, 6.45) is 3.52. The lowest BCUT2D eigenvalue weighted by Crippen LogP contribution is -2.24. The van der Waals surface area contributed by atoms with Crippen LogP contribution in [0.4, 0.5) is 22.1 Å². The first-order valence-electron chi connectivity index (χ1n) is 15.6. The van der Waals surface area contributed by atoms with Crippen molar-refractivity contribution in [3.8, 4) is 28.6 Å². The molecule has 248 valence electrons. The number of aryl methyl sites for hydroxylation is 1. The second kappa shape index (κ2) is 17.0. The molecular formula is C36H44N6O5. The van der Waals surface area contributed by atoms with Gasteiger partial charge in [0.1, 0.15) is 11.5 Å². The molecule has 4 rings (SSSR count). The van der Waals surface area contributed by atoms with E-state index in [0.717, 1.165) is 48.9 Å². The number of unbranched alkanes of at least 4 members (excludes halogenated alkanes) is 3. The van der Waals surface area contributed by atoms with Crippen molar-refractivity contribution in [2.24, 2.45) is 0 Å². The molecule has 0 fully saturated rings. The van der Waals surface area contributed by atoms with Crippen LogP contribution in [0.1, 0.15) is 47.2 Å². The van der Waals surface area contributed by atoms with Gasteiger partial charge in [0.15, 0.2) is 0 Å². The predicted molar refractivity (Wildman–Crippen MR) is 185 cm³/mol. The summed E-state index contributed by atoms with van der Waals surface area (Å²) in [5.41, 5.74) is 5.08. The number of rotatable bonds is 15. The van der Waals surface area contributed by atoms with Crippen LogP contribution in [-0.4, -0.2) is 68.3 Å². The quantitative estimate of drug-likeness (QED) is 0.118. The average Bonchev–Trinajstić information content (AvgIpc) is 3.05. The van der Waals surface area contributed by atoms with Crippen molar-refractivity contribution >= 4 is 29.3 Å². The Morgan fingerprint density at radius 2 is 1.64 bits per heavy atom. The van der Waals surface area contributed by atoms with Crippen LogP contribution in [0.15, 0.2) is 66.7 Å². The number of amides is 2. The maximum Gasteiger partial charge on any atom is 0.418 e. The number of aromatic nitrogens is 2. The first-order valence-corrected chi connectivity index (χ1v) is 15.6. The van der Waals surface area contributed by atoms with Crippen LogP contribution < -0.4 is 30.2 Å². The summed E-state index contributed by atoms with van der Waals surface area (Å²) in [5, 5.41) is 8.89. The number of ether oxygens (including phenoxy) is 3. The molecule has 0 atom stereocenters. The van der Waals surface area contributed by atoms with E-state index >= 15 is 0 Å². The number of hydrogen-bond donors (Lipinski definition) is 3. The number of benzene rings is 3. The van der Waals surface area contributed by atoms with Gasteiger partial charge in [0.25, 0.3) is 5.91 Å².